The van der Waals surface area contributed by atoms with Crippen LogP contribution < -0.4 is 0 Å². The van der Waals surface area contributed by atoms with E-state index in [1.165, 1.54) is 0 Å². The van der Waals surface area contributed by atoms with Crippen LogP contribution >= 0.6 is 0 Å². The molecular formula is C7H10NO. The van der Waals surface area contributed by atoms with Crippen LogP contribution in [-0.4, -0.2) is 11.7 Å². The molecule has 0 spiro atoms. The Hall–Kier alpha value is -0.760. The molecule has 1 aromatic rings. The second-order valence-corrected chi connectivity index (χ2v) is 1.82. The molecule has 1 heterocycles. The fourth-order valence-corrected chi connectivity index (χ4v) is 0.662. The Morgan fingerprint density at radius 1 is 1.44 bits per heavy atom. The van der Waals surface area contributed by atoms with E-state index in [1.54, 1.807) is 7.11 Å². The van der Waals surface area contributed by atoms with E-state index in [2.05, 4.69) is 6.92 Å². The lowest BCUT2D eigenvalue weighted by Crippen LogP contribution is -2.03. The van der Waals surface area contributed by atoms with E-state index in [0.717, 1.165) is 0 Å². The third-order valence-corrected chi connectivity index (χ3v) is 1.23. The van der Waals surface area contributed by atoms with Gasteiger partial charge in [-0.15, -0.1) is 0 Å². The van der Waals surface area contributed by atoms with Gasteiger partial charge in [0.05, 0.1) is 0 Å². The lowest BCUT2D eigenvalue weighted by Gasteiger charge is -2.09. The summed E-state index contributed by atoms with van der Waals surface area (Å²) in [5.41, 5.74) is 0. The first-order valence-corrected chi connectivity index (χ1v) is 2.83. The summed E-state index contributed by atoms with van der Waals surface area (Å²) in [6, 6.07) is 3.88. The van der Waals surface area contributed by atoms with E-state index in [-0.39, 0.29) is 6.23 Å². The fraction of sp³-hybridized carbons (Fsp3) is 0.286. The predicted molar refractivity (Wildman–Crippen MR) is 35.8 cm³/mol. The highest BCUT2D eigenvalue weighted by Gasteiger charge is 1.96. The van der Waals surface area contributed by atoms with Crippen LogP contribution in [0.2, 0.25) is 0 Å². The topological polar surface area (TPSA) is 14.2 Å². The van der Waals surface area contributed by atoms with Crippen molar-refractivity contribution in [3.05, 3.63) is 31.5 Å². The third-order valence-electron chi connectivity index (χ3n) is 1.23. The molecule has 1 radical (unpaired) electrons. The van der Waals surface area contributed by atoms with Gasteiger partial charge in [-0.05, 0) is 19.1 Å². The summed E-state index contributed by atoms with van der Waals surface area (Å²) in [5, 5.41) is 0. The fourth-order valence-electron chi connectivity index (χ4n) is 0.662. The highest BCUT2D eigenvalue weighted by Crippen LogP contribution is 2.03. The van der Waals surface area contributed by atoms with Gasteiger partial charge in [-0.25, -0.2) is 0 Å². The monoisotopic (exact) mass is 124 g/mol. The average Bonchev–Trinajstić information content (AvgIpc) is 2.37. The SMILES string of the molecule is [CH2]C(OC)n1cccc1. The molecule has 0 N–H and O–H groups in total. The number of aromatic nitrogens is 1. The highest BCUT2D eigenvalue weighted by molar-refractivity contribution is 4.91. The molecule has 2 nitrogen and oxygen atoms in total. The van der Waals surface area contributed by atoms with Crippen molar-refractivity contribution >= 4 is 0 Å². The number of hydrogen-bond donors (Lipinski definition) is 0. The maximum absolute atomic E-state index is 4.95. The van der Waals surface area contributed by atoms with Crippen LogP contribution in [0.4, 0.5) is 0 Å². The molecule has 0 amide bonds. The first-order chi connectivity index (χ1) is 4.34. The zero-order chi connectivity index (χ0) is 6.69. The molecular weight excluding hydrogens is 114 g/mol. The van der Waals surface area contributed by atoms with E-state index in [4.69, 9.17) is 4.74 Å². The van der Waals surface area contributed by atoms with Crippen molar-refractivity contribution in [3.8, 4) is 0 Å². The molecule has 0 bridgehead atoms. The van der Waals surface area contributed by atoms with Crippen molar-refractivity contribution in [1.82, 2.24) is 4.57 Å². The molecule has 49 valence electrons. The minimum Gasteiger partial charge on any atom is -0.361 e. The van der Waals surface area contributed by atoms with Crippen LogP contribution in [0.1, 0.15) is 6.23 Å². The van der Waals surface area contributed by atoms with Crippen LogP contribution in [-0.2, 0) is 4.74 Å². The average molecular weight is 124 g/mol. The Morgan fingerprint density at radius 2 is 2.00 bits per heavy atom. The zero-order valence-electron chi connectivity index (χ0n) is 5.45. The Balaban J connectivity index is 2.65. The van der Waals surface area contributed by atoms with Crippen molar-refractivity contribution < 1.29 is 4.74 Å². The van der Waals surface area contributed by atoms with Gasteiger partial charge in [0.15, 0.2) is 0 Å². The van der Waals surface area contributed by atoms with Gasteiger partial charge in [0, 0.05) is 19.5 Å². The van der Waals surface area contributed by atoms with Gasteiger partial charge >= 0.3 is 0 Å². The summed E-state index contributed by atoms with van der Waals surface area (Å²) in [4.78, 5) is 0. The van der Waals surface area contributed by atoms with E-state index in [1.807, 2.05) is 29.1 Å². The summed E-state index contributed by atoms with van der Waals surface area (Å²) in [6.45, 7) is 3.74. The molecule has 0 aromatic carbocycles. The molecule has 2 heteroatoms. The van der Waals surface area contributed by atoms with Crippen molar-refractivity contribution in [2.45, 2.75) is 6.23 Å². The molecule has 0 fully saturated rings. The molecule has 1 aromatic heterocycles. The smallest absolute Gasteiger partial charge is 0.133 e. The molecule has 0 saturated heterocycles. The molecule has 1 rings (SSSR count). The zero-order valence-corrected chi connectivity index (χ0v) is 5.45. The normalized spacial score (nSPS) is 13.6. The van der Waals surface area contributed by atoms with Gasteiger partial charge in [-0.1, -0.05) is 0 Å². The van der Waals surface area contributed by atoms with Crippen molar-refractivity contribution in [2.75, 3.05) is 7.11 Å². The highest BCUT2D eigenvalue weighted by atomic mass is 16.5. The van der Waals surface area contributed by atoms with Crippen LogP contribution in [0, 0.1) is 6.92 Å². The van der Waals surface area contributed by atoms with E-state index >= 15 is 0 Å². The largest absolute Gasteiger partial charge is 0.361 e. The van der Waals surface area contributed by atoms with E-state index in [0.29, 0.717) is 0 Å². The van der Waals surface area contributed by atoms with E-state index < -0.39 is 0 Å². The first-order valence-electron chi connectivity index (χ1n) is 2.83. The summed E-state index contributed by atoms with van der Waals surface area (Å²) in [7, 11) is 1.64. The number of hydrogen-bond acceptors (Lipinski definition) is 1. The maximum atomic E-state index is 4.95. The number of methoxy groups -OCH3 is 1. The molecule has 1 atom stereocenters. The predicted octanol–water partition coefficient (Wildman–Crippen LogP) is 1.47. The van der Waals surface area contributed by atoms with Crippen molar-refractivity contribution in [1.29, 1.82) is 0 Å². The molecule has 0 saturated carbocycles. The standard InChI is InChI=1S/C7H10NO/c1-7(9-2)8-5-3-4-6-8/h3-7H,1H2,2H3. The molecule has 0 aliphatic rings. The van der Waals surface area contributed by atoms with Crippen LogP contribution in [0.5, 0.6) is 0 Å². The Bertz CT molecular complexity index is 157. The van der Waals surface area contributed by atoms with Gasteiger partial charge < -0.3 is 9.30 Å². The molecule has 1 unspecified atom stereocenters. The minimum atomic E-state index is -0.0972. The van der Waals surface area contributed by atoms with Gasteiger partial charge in [-0.3, -0.25) is 0 Å². The minimum absolute atomic E-state index is 0.0972. The van der Waals surface area contributed by atoms with Crippen molar-refractivity contribution in [3.63, 3.8) is 0 Å². The molecule has 0 aliphatic carbocycles. The number of ether oxygens (including phenoxy) is 1. The quantitative estimate of drug-likeness (QED) is 0.582. The number of rotatable bonds is 2. The van der Waals surface area contributed by atoms with Crippen LogP contribution in [0.3, 0.4) is 0 Å². The Labute approximate surface area is 55.1 Å². The van der Waals surface area contributed by atoms with Gasteiger partial charge in [0.2, 0.25) is 0 Å². The summed E-state index contributed by atoms with van der Waals surface area (Å²) >= 11 is 0. The first kappa shape index (κ1) is 6.36. The second-order valence-electron chi connectivity index (χ2n) is 1.82. The summed E-state index contributed by atoms with van der Waals surface area (Å²) in [6.07, 6.45) is 3.74. The Kier molecular flexibility index (Phi) is 1.90. The van der Waals surface area contributed by atoms with Gasteiger partial charge in [0.1, 0.15) is 6.23 Å². The van der Waals surface area contributed by atoms with Gasteiger partial charge in [-0.2, -0.15) is 0 Å². The van der Waals surface area contributed by atoms with Crippen LogP contribution in [0.15, 0.2) is 24.5 Å². The summed E-state index contributed by atoms with van der Waals surface area (Å²) in [5.74, 6) is 0. The molecule has 9 heavy (non-hydrogen) atoms. The van der Waals surface area contributed by atoms with Crippen molar-refractivity contribution in [2.24, 2.45) is 0 Å². The Morgan fingerprint density at radius 3 is 2.44 bits per heavy atom. The lowest BCUT2D eigenvalue weighted by molar-refractivity contribution is 0.0831. The number of nitrogens with zero attached hydrogens (tertiary/aromatic N) is 1. The van der Waals surface area contributed by atoms with Gasteiger partial charge in [0.25, 0.3) is 0 Å². The van der Waals surface area contributed by atoms with E-state index in [9.17, 15) is 0 Å². The summed E-state index contributed by atoms with van der Waals surface area (Å²) < 4.78 is 6.84. The third kappa shape index (κ3) is 1.33. The maximum Gasteiger partial charge on any atom is 0.133 e. The van der Waals surface area contributed by atoms with Crippen LogP contribution in [0.25, 0.3) is 0 Å². The molecule has 0 aliphatic heterocycles. The lowest BCUT2D eigenvalue weighted by atomic mass is 10.6. The second kappa shape index (κ2) is 2.69.